The molecule has 0 saturated carbocycles. The lowest BCUT2D eigenvalue weighted by molar-refractivity contribution is 0.102. The number of carbonyl (C=O) groups excluding carboxylic acids is 1. The second-order valence-electron chi connectivity index (χ2n) is 7.33. The molecule has 1 amide bonds. The van der Waals surface area contributed by atoms with Crippen molar-refractivity contribution < 1.29 is 13.2 Å². The number of hydrogen-bond acceptors (Lipinski definition) is 7. The van der Waals surface area contributed by atoms with Gasteiger partial charge in [-0.2, -0.15) is 9.61 Å². The van der Waals surface area contributed by atoms with Crippen LogP contribution in [0.3, 0.4) is 0 Å². The van der Waals surface area contributed by atoms with Crippen molar-refractivity contribution in [3.05, 3.63) is 90.6 Å². The third-order valence-electron chi connectivity index (χ3n) is 5.02. The van der Waals surface area contributed by atoms with Crippen molar-refractivity contribution in [1.29, 1.82) is 0 Å². The normalized spacial score (nSPS) is 11.4. The first-order valence-electron chi connectivity index (χ1n) is 10.1. The molecule has 3 aromatic heterocycles. The molecular weight excluding hydrogens is 454 g/mol. The molecule has 0 bridgehead atoms. The van der Waals surface area contributed by atoms with E-state index in [1.165, 1.54) is 24.3 Å². The molecule has 0 radical (unpaired) electrons. The van der Waals surface area contributed by atoms with Gasteiger partial charge in [-0.25, -0.2) is 13.6 Å². The fourth-order valence-electron chi connectivity index (χ4n) is 3.35. The summed E-state index contributed by atoms with van der Waals surface area (Å²) >= 11 is 0. The van der Waals surface area contributed by atoms with Crippen molar-refractivity contribution in [2.24, 2.45) is 5.14 Å². The Balaban J connectivity index is 1.42. The van der Waals surface area contributed by atoms with E-state index >= 15 is 0 Å². The zero-order valence-electron chi connectivity index (χ0n) is 17.5. The summed E-state index contributed by atoms with van der Waals surface area (Å²) in [6, 6.07) is 21.7. The maximum absolute atomic E-state index is 12.6. The van der Waals surface area contributed by atoms with E-state index in [4.69, 9.17) is 5.14 Å². The Bertz CT molecular complexity index is 1620. The number of nitrogens with one attached hydrogen (secondary N) is 1. The standard InChI is InChI=1S/C23H17N7O3S/c24-34(32,33)18-9-7-15(8-10-18)23(31)26-17-5-3-4-16(14-17)19-11-12-21-27-28-22(30(21)29-19)20-6-1-2-13-25-20/h1-14H,(H,26,31)(H2,24,32,33). The Morgan fingerprint density at radius 2 is 1.71 bits per heavy atom. The topological polar surface area (TPSA) is 145 Å². The maximum atomic E-state index is 12.6. The Morgan fingerprint density at radius 3 is 2.44 bits per heavy atom. The van der Waals surface area contributed by atoms with E-state index in [2.05, 4.69) is 25.6 Å². The van der Waals surface area contributed by atoms with Crippen LogP contribution < -0.4 is 10.5 Å². The van der Waals surface area contributed by atoms with Gasteiger partial charge in [0.15, 0.2) is 5.65 Å². The summed E-state index contributed by atoms with van der Waals surface area (Å²) in [5.74, 6) is 0.127. The molecule has 5 aromatic rings. The number of amides is 1. The second-order valence-corrected chi connectivity index (χ2v) is 8.89. The molecule has 0 fully saturated rings. The number of benzene rings is 2. The quantitative estimate of drug-likeness (QED) is 0.401. The first-order valence-corrected chi connectivity index (χ1v) is 11.6. The number of nitrogens with two attached hydrogens (primary N) is 1. The fourth-order valence-corrected chi connectivity index (χ4v) is 3.87. The van der Waals surface area contributed by atoms with Gasteiger partial charge in [0.25, 0.3) is 5.91 Å². The number of rotatable bonds is 5. The Hall–Kier alpha value is -4.48. The van der Waals surface area contributed by atoms with Gasteiger partial charge in [0.2, 0.25) is 15.8 Å². The molecule has 11 heteroatoms. The molecule has 2 aromatic carbocycles. The summed E-state index contributed by atoms with van der Waals surface area (Å²) in [7, 11) is -3.83. The summed E-state index contributed by atoms with van der Waals surface area (Å²) in [5, 5.41) is 20.9. The van der Waals surface area contributed by atoms with E-state index in [1.807, 2.05) is 30.3 Å². The van der Waals surface area contributed by atoms with Crippen LogP contribution >= 0.6 is 0 Å². The largest absolute Gasteiger partial charge is 0.322 e. The van der Waals surface area contributed by atoms with Gasteiger partial charge < -0.3 is 5.32 Å². The fraction of sp³-hybridized carbons (Fsp3) is 0. The van der Waals surface area contributed by atoms with Crippen molar-refractivity contribution in [2.45, 2.75) is 4.90 Å². The van der Waals surface area contributed by atoms with Crippen LogP contribution in [0.15, 0.2) is 90.0 Å². The average molecular weight is 472 g/mol. The summed E-state index contributed by atoms with van der Waals surface area (Å²) in [5.41, 5.74) is 3.49. The molecule has 10 nitrogen and oxygen atoms in total. The molecule has 168 valence electrons. The lowest BCUT2D eigenvalue weighted by atomic mass is 10.1. The van der Waals surface area contributed by atoms with Crippen LogP contribution in [-0.2, 0) is 10.0 Å². The van der Waals surface area contributed by atoms with E-state index in [0.717, 1.165) is 5.56 Å². The molecule has 0 spiro atoms. The van der Waals surface area contributed by atoms with E-state index in [9.17, 15) is 13.2 Å². The highest BCUT2D eigenvalue weighted by atomic mass is 32.2. The van der Waals surface area contributed by atoms with Crippen molar-refractivity contribution in [1.82, 2.24) is 24.8 Å². The zero-order valence-corrected chi connectivity index (χ0v) is 18.3. The number of anilines is 1. The van der Waals surface area contributed by atoms with E-state index < -0.39 is 15.9 Å². The summed E-state index contributed by atoms with van der Waals surface area (Å²) in [6.45, 7) is 0. The average Bonchev–Trinajstić information content (AvgIpc) is 3.28. The highest BCUT2D eigenvalue weighted by molar-refractivity contribution is 7.89. The molecule has 0 saturated heterocycles. The first-order chi connectivity index (χ1) is 16.4. The molecule has 5 rings (SSSR count). The molecule has 3 N–H and O–H groups in total. The summed E-state index contributed by atoms with van der Waals surface area (Å²) in [4.78, 5) is 16.9. The minimum atomic E-state index is -3.83. The van der Waals surface area contributed by atoms with Crippen LogP contribution in [-0.4, -0.2) is 39.1 Å². The summed E-state index contributed by atoms with van der Waals surface area (Å²) in [6.07, 6.45) is 1.68. The number of carbonyl (C=O) groups is 1. The molecule has 3 heterocycles. The smallest absolute Gasteiger partial charge is 0.255 e. The van der Waals surface area contributed by atoms with Gasteiger partial charge in [0, 0.05) is 23.0 Å². The SMILES string of the molecule is NS(=O)(=O)c1ccc(C(=O)Nc2cccc(-c3ccc4nnc(-c5ccccn5)n4n3)c2)cc1. The number of nitrogens with zero attached hydrogens (tertiary/aromatic N) is 5. The number of sulfonamides is 1. The third kappa shape index (κ3) is 4.25. The van der Waals surface area contributed by atoms with Gasteiger partial charge in [-0.3, -0.25) is 9.78 Å². The van der Waals surface area contributed by atoms with E-state index in [-0.39, 0.29) is 4.90 Å². The van der Waals surface area contributed by atoms with Crippen molar-refractivity contribution in [3.63, 3.8) is 0 Å². The highest BCUT2D eigenvalue weighted by Crippen LogP contribution is 2.23. The van der Waals surface area contributed by atoms with Gasteiger partial charge in [-0.15, -0.1) is 10.2 Å². The molecule has 0 unspecified atom stereocenters. The third-order valence-corrected chi connectivity index (χ3v) is 5.95. The van der Waals surface area contributed by atoms with Crippen LogP contribution in [0.2, 0.25) is 0 Å². The minimum absolute atomic E-state index is 0.0634. The predicted molar refractivity (Wildman–Crippen MR) is 125 cm³/mol. The van der Waals surface area contributed by atoms with E-state index in [0.29, 0.717) is 34.1 Å². The maximum Gasteiger partial charge on any atom is 0.255 e. The van der Waals surface area contributed by atoms with Crippen LogP contribution in [0.1, 0.15) is 10.4 Å². The van der Waals surface area contributed by atoms with Gasteiger partial charge in [0.1, 0.15) is 5.69 Å². The molecule has 0 aliphatic rings. The van der Waals surface area contributed by atoms with Crippen LogP contribution in [0.5, 0.6) is 0 Å². The van der Waals surface area contributed by atoms with Crippen LogP contribution in [0.25, 0.3) is 28.4 Å². The summed E-state index contributed by atoms with van der Waals surface area (Å²) < 4.78 is 24.4. The number of primary sulfonamides is 1. The predicted octanol–water partition coefficient (Wildman–Crippen LogP) is 2.75. The minimum Gasteiger partial charge on any atom is -0.322 e. The van der Waals surface area contributed by atoms with Gasteiger partial charge in [-0.05, 0) is 60.7 Å². The number of hydrogen-bond donors (Lipinski definition) is 2. The zero-order chi connectivity index (χ0) is 23.7. The van der Waals surface area contributed by atoms with Crippen molar-refractivity contribution in [3.8, 4) is 22.8 Å². The molecule has 0 aliphatic heterocycles. The van der Waals surface area contributed by atoms with Crippen molar-refractivity contribution in [2.75, 3.05) is 5.32 Å². The first kappa shape index (κ1) is 21.4. The second kappa shape index (κ2) is 8.46. The van der Waals surface area contributed by atoms with Crippen LogP contribution in [0.4, 0.5) is 5.69 Å². The van der Waals surface area contributed by atoms with Gasteiger partial charge in [-0.1, -0.05) is 18.2 Å². The highest BCUT2D eigenvalue weighted by Gasteiger charge is 2.13. The van der Waals surface area contributed by atoms with Crippen LogP contribution in [0, 0.1) is 0 Å². The van der Waals surface area contributed by atoms with Crippen molar-refractivity contribution >= 4 is 27.3 Å². The monoisotopic (exact) mass is 471 g/mol. The Morgan fingerprint density at radius 1 is 0.882 bits per heavy atom. The lowest BCUT2D eigenvalue weighted by Crippen LogP contribution is -2.14. The van der Waals surface area contributed by atoms with Gasteiger partial charge in [0.05, 0.1) is 10.6 Å². The number of pyridine rings is 1. The van der Waals surface area contributed by atoms with Gasteiger partial charge >= 0.3 is 0 Å². The molecule has 0 aliphatic carbocycles. The molecular formula is C23H17N7O3S. The number of aromatic nitrogens is 5. The Kier molecular flexibility index (Phi) is 5.32. The number of fused-ring (bicyclic) bond motifs is 1. The molecule has 0 atom stereocenters. The lowest BCUT2D eigenvalue weighted by Gasteiger charge is -2.08. The molecule has 34 heavy (non-hydrogen) atoms. The Labute approximate surface area is 194 Å². The van der Waals surface area contributed by atoms with E-state index in [1.54, 1.807) is 35.0 Å².